The third-order valence-corrected chi connectivity index (χ3v) is 9.75. The molecule has 0 spiro atoms. The maximum Gasteiger partial charge on any atom is 0.306 e. The number of hydrogen-bond acceptors (Lipinski definition) is 11. The highest BCUT2D eigenvalue weighted by molar-refractivity contribution is 7.85. The lowest BCUT2D eigenvalue weighted by Gasteiger charge is -2.40. The number of rotatable bonds is 32. The Kier molecular flexibility index (Phi) is 28.2. The van der Waals surface area contributed by atoms with E-state index in [0.717, 1.165) is 64.2 Å². The normalized spacial score (nSPS) is 21.5. The van der Waals surface area contributed by atoms with Gasteiger partial charge in [0.25, 0.3) is 10.1 Å². The van der Waals surface area contributed by atoms with Gasteiger partial charge >= 0.3 is 11.9 Å². The Bertz CT molecular complexity index is 1080. The van der Waals surface area contributed by atoms with Crippen molar-refractivity contribution in [2.75, 3.05) is 19.0 Å². The number of aliphatic hydroxyl groups excluding tert-OH is 3. The second-order valence-electron chi connectivity index (χ2n) is 13.9. The lowest BCUT2D eigenvalue weighted by atomic mass is 10.00. The van der Waals surface area contributed by atoms with E-state index in [-0.39, 0.29) is 19.4 Å². The average molecular weight is 763 g/mol. The molecule has 1 aliphatic heterocycles. The second kappa shape index (κ2) is 30.5. The van der Waals surface area contributed by atoms with E-state index in [9.17, 15) is 37.9 Å². The van der Waals surface area contributed by atoms with Crippen LogP contribution >= 0.6 is 0 Å². The minimum absolute atomic E-state index is 0.151. The highest BCUT2D eigenvalue weighted by Crippen LogP contribution is 2.24. The van der Waals surface area contributed by atoms with Crippen molar-refractivity contribution in [3.8, 4) is 0 Å². The van der Waals surface area contributed by atoms with Crippen molar-refractivity contribution in [2.45, 2.75) is 192 Å². The van der Waals surface area contributed by atoms with Gasteiger partial charge in [0, 0.05) is 12.8 Å². The van der Waals surface area contributed by atoms with Gasteiger partial charge in [-0.15, -0.1) is 0 Å². The number of aliphatic hydroxyl groups is 3. The van der Waals surface area contributed by atoms with Gasteiger partial charge in [0.15, 0.2) is 12.4 Å². The molecule has 0 radical (unpaired) electrons. The van der Waals surface area contributed by atoms with Crippen LogP contribution in [-0.4, -0.2) is 96.0 Å². The molecule has 1 saturated heterocycles. The molecule has 6 atom stereocenters. The minimum atomic E-state index is -4.60. The number of carbonyl (C=O) groups excluding carboxylic acids is 2. The highest BCUT2D eigenvalue weighted by Gasteiger charge is 2.46. The molecule has 0 aliphatic carbocycles. The predicted octanol–water partition coefficient (Wildman–Crippen LogP) is 6.89. The number of hydrogen-bond donors (Lipinski definition) is 4. The summed E-state index contributed by atoms with van der Waals surface area (Å²) in [4.78, 5) is 25.2. The zero-order valence-electron chi connectivity index (χ0n) is 31.9. The highest BCUT2D eigenvalue weighted by atomic mass is 32.2. The van der Waals surface area contributed by atoms with Crippen LogP contribution in [-0.2, 0) is 38.7 Å². The molecule has 0 amide bonds. The summed E-state index contributed by atoms with van der Waals surface area (Å²) in [6.45, 7) is 3.66. The largest absolute Gasteiger partial charge is 0.462 e. The Hall–Kier alpha value is -1.87. The molecule has 1 aliphatic rings. The third kappa shape index (κ3) is 25.2. The maximum atomic E-state index is 12.7. The molecule has 1 fully saturated rings. The molecule has 52 heavy (non-hydrogen) atoms. The van der Waals surface area contributed by atoms with Crippen molar-refractivity contribution in [2.24, 2.45) is 0 Å². The van der Waals surface area contributed by atoms with Crippen LogP contribution < -0.4 is 0 Å². The first-order valence-corrected chi connectivity index (χ1v) is 21.5. The fourth-order valence-electron chi connectivity index (χ4n) is 5.83. The van der Waals surface area contributed by atoms with Gasteiger partial charge in [-0.3, -0.25) is 14.1 Å². The molecule has 1 heterocycles. The Labute approximate surface area is 313 Å². The van der Waals surface area contributed by atoms with Crippen molar-refractivity contribution in [1.82, 2.24) is 0 Å². The number of unbranched alkanes of at least 4 members (excludes halogenated alkanes) is 16. The van der Waals surface area contributed by atoms with Crippen molar-refractivity contribution < 1.29 is 56.8 Å². The first-order valence-electron chi connectivity index (χ1n) is 19.9. The van der Waals surface area contributed by atoms with E-state index in [0.29, 0.717) is 12.8 Å². The van der Waals surface area contributed by atoms with Crippen molar-refractivity contribution in [1.29, 1.82) is 0 Å². The van der Waals surface area contributed by atoms with E-state index in [1.54, 1.807) is 0 Å². The lowest BCUT2D eigenvalue weighted by molar-refractivity contribution is -0.297. The van der Waals surface area contributed by atoms with Crippen LogP contribution in [0.1, 0.15) is 155 Å². The summed E-state index contributed by atoms with van der Waals surface area (Å²) in [6, 6.07) is 0. The van der Waals surface area contributed by atoms with E-state index in [2.05, 4.69) is 38.2 Å². The lowest BCUT2D eigenvalue weighted by Crippen LogP contribution is -2.60. The summed E-state index contributed by atoms with van der Waals surface area (Å²) in [5, 5.41) is 30.7. The van der Waals surface area contributed by atoms with Crippen molar-refractivity contribution >= 4 is 22.1 Å². The molecular formula is C39H70O12S. The summed E-state index contributed by atoms with van der Waals surface area (Å²) in [6.07, 6.45) is 21.0. The van der Waals surface area contributed by atoms with Gasteiger partial charge in [-0.2, -0.15) is 8.42 Å². The Balaban J connectivity index is 2.53. The Morgan fingerprint density at radius 2 is 1.12 bits per heavy atom. The van der Waals surface area contributed by atoms with Gasteiger partial charge in [0.2, 0.25) is 0 Å². The van der Waals surface area contributed by atoms with E-state index in [1.165, 1.54) is 51.4 Å². The fraction of sp³-hybridized carbons (Fsp3) is 0.846. The summed E-state index contributed by atoms with van der Waals surface area (Å²) in [5.74, 6) is -2.02. The standard InChI is InChI=1S/C39H70O12S/c1-3-5-7-9-11-13-15-16-18-19-21-23-25-27-34(40)48-29-32(50-35(41)28-26-24-22-20-17-14-12-10-8-6-4-2)30-49-39-38(44)37(43)36(42)33(51-39)31-52(45,46)47/h10,12,16,18,32-33,36-39,42-44H,3-9,11,13-15,17,19-31H2,1-2H3,(H,45,46,47)/b12-10+,18-16+/t32-,33-,36-,37?,38?,39+/m1/s1. The van der Waals surface area contributed by atoms with E-state index < -0.39 is 71.2 Å². The van der Waals surface area contributed by atoms with Crippen molar-refractivity contribution in [3.05, 3.63) is 24.3 Å². The fourth-order valence-corrected chi connectivity index (χ4v) is 6.52. The SMILES string of the molecule is CCCC/C=C/CCCCCCCC(=O)O[C@H](COC(=O)CCCCC/C=C/CCCCCCCC)CO[C@H]1O[C@H](CS(=O)(=O)O)[C@@H](O)C(O)C1O. The van der Waals surface area contributed by atoms with Crippen LogP contribution in [0.25, 0.3) is 0 Å². The van der Waals surface area contributed by atoms with Crippen LogP contribution in [0, 0.1) is 0 Å². The molecule has 13 heteroatoms. The molecule has 304 valence electrons. The van der Waals surface area contributed by atoms with Gasteiger partial charge < -0.3 is 34.3 Å². The summed E-state index contributed by atoms with van der Waals surface area (Å²) in [5.41, 5.74) is 0. The monoisotopic (exact) mass is 762 g/mol. The molecule has 4 N–H and O–H groups in total. The number of allylic oxidation sites excluding steroid dienone is 4. The first-order chi connectivity index (χ1) is 25.0. The summed E-state index contributed by atoms with van der Waals surface area (Å²) in [7, 11) is -4.60. The first kappa shape index (κ1) is 48.1. The molecule has 0 aromatic carbocycles. The molecule has 0 aromatic heterocycles. The van der Waals surface area contributed by atoms with Crippen molar-refractivity contribution in [3.63, 3.8) is 0 Å². The smallest absolute Gasteiger partial charge is 0.306 e. The molecule has 0 saturated carbocycles. The van der Waals surface area contributed by atoms with Gasteiger partial charge in [0.1, 0.15) is 36.8 Å². The van der Waals surface area contributed by atoms with Gasteiger partial charge in [0.05, 0.1) is 6.61 Å². The predicted molar refractivity (Wildman–Crippen MR) is 201 cm³/mol. The molecule has 12 nitrogen and oxygen atoms in total. The van der Waals surface area contributed by atoms with E-state index in [1.807, 2.05) is 0 Å². The minimum Gasteiger partial charge on any atom is -0.462 e. The van der Waals surface area contributed by atoms with Crippen LogP contribution in [0.3, 0.4) is 0 Å². The molecule has 0 aromatic rings. The van der Waals surface area contributed by atoms with E-state index in [4.69, 9.17) is 18.9 Å². The van der Waals surface area contributed by atoms with Crippen LogP contribution in [0.15, 0.2) is 24.3 Å². The van der Waals surface area contributed by atoms with E-state index >= 15 is 0 Å². The molecule has 2 unspecified atom stereocenters. The van der Waals surface area contributed by atoms with Gasteiger partial charge in [-0.05, 0) is 57.8 Å². The maximum absolute atomic E-state index is 12.7. The number of carbonyl (C=O) groups is 2. The summed E-state index contributed by atoms with van der Waals surface area (Å²) < 4.78 is 53.8. The van der Waals surface area contributed by atoms with Gasteiger partial charge in [-0.1, -0.05) is 109 Å². The quantitative estimate of drug-likeness (QED) is 0.0241. The number of ether oxygens (including phenoxy) is 4. The van der Waals surface area contributed by atoms with Gasteiger partial charge in [-0.25, -0.2) is 0 Å². The van der Waals surface area contributed by atoms with Crippen LogP contribution in [0.4, 0.5) is 0 Å². The zero-order valence-corrected chi connectivity index (χ0v) is 32.7. The molecule has 1 rings (SSSR count). The average Bonchev–Trinajstić information content (AvgIpc) is 3.10. The van der Waals surface area contributed by atoms with Crippen LogP contribution in [0.2, 0.25) is 0 Å². The second-order valence-corrected chi connectivity index (χ2v) is 15.4. The molecule has 0 bridgehead atoms. The third-order valence-electron chi connectivity index (χ3n) is 9.00. The Morgan fingerprint density at radius 1 is 0.635 bits per heavy atom. The number of esters is 2. The Morgan fingerprint density at radius 3 is 1.67 bits per heavy atom. The molecular weight excluding hydrogens is 692 g/mol. The zero-order chi connectivity index (χ0) is 38.5. The summed E-state index contributed by atoms with van der Waals surface area (Å²) >= 11 is 0. The topological polar surface area (TPSA) is 186 Å². The van der Waals surface area contributed by atoms with Crippen LogP contribution in [0.5, 0.6) is 0 Å².